The van der Waals surface area contributed by atoms with E-state index in [1.165, 1.54) is 11.4 Å². The van der Waals surface area contributed by atoms with Crippen LogP contribution in [-0.2, 0) is 9.32 Å². The largest absolute Gasteiger partial charge is 0.481 e. The van der Waals surface area contributed by atoms with Gasteiger partial charge in [0.25, 0.3) is 0 Å². The van der Waals surface area contributed by atoms with Gasteiger partial charge < -0.3 is 9.63 Å². The van der Waals surface area contributed by atoms with Crippen LogP contribution in [0.2, 0.25) is 0 Å². The Balaban J connectivity index is 3.44. The standard InChI is InChI=1S/C7H13O3PS/c1-3-10-11(4-2)12-6-5-7(8)9/h4H,2-3,5-6H2,1H3,(H,8,9). The van der Waals surface area contributed by atoms with Crippen molar-refractivity contribution in [3.05, 3.63) is 12.4 Å². The molecule has 0 aromatic rings. The van der Waals surface area contributed by atoms with Gasteiger partial charge in [0.1, 0.15) is 7.35 Å². The zero-order valence-corrected chi connectivity index (χ0v) is 8.74. The van der Waals surface area contributed by atoms with Crippen molar-refractivity contribution in [1.82, 2.24) is 0 Å². The van der Waals surface area contributed by atoms with E-state index in [1.54, 1.807) is 5.82 Å². The van der Waals surface area contributed by atoms with Crippen LogP contribution in [-0.4, -0.2) is 23.4 Å². The normalized spacial score (nSPS) is 12.4. The maximum atomic E-state index is 10.2. The Morgan fingerprint density at radius 1 is 1.83 bits per heavy atom. The molecule has 1 N–H and O–H groups in total. The van der Waals surface area contributed by atoms with Gasteiger partial charge in [0.05, 0.1) is 6.42 Å². The van der Waals surface area contributed by atoms with E-state index in [1.807, 2.05) is 6.92 Å². The third-order valence-corrected chi connectivity index (χ3v) is 4.47. The van der Waals surface area contributed by atoms with E-state index in [0.717, 1.165) is 0 Å². The van der Waals surface area contributed by atoms with E-state index in [4.69, 9.17) is 9.63 Å². The topological polar surface area (TPSA) is 46.5 Å². The lowest BCUT2D eigenvalue weighted by Gasteiger charge is -2.09. The summed E-state index contributed by atoms with van der Waals surface area (Å²) in [5, 5.41) is 8.36. The predicted octanol–water partition coefficient (Wildman–Crippen LogP) is 2.69. The van der Waals surface area contributed by atoms with E-state index >= 15 is 0 Å². The summed E-state index contributed by atoms with van der Waals surface area (Å²) < 4.78 is 5.29. The molecule has 0 rings (SSSR count). The second kappa shape index (κ2) is 7.59. The van der Waals surface area contributed by atoms with Gasteiger partial charge >= 0.3 is 5.97 Å². The van der Waals surface area contributed by atoms with Gasteiger partial charge in [-0.2, -0.15) is 0 Å². The Bertz CT molecular complexity index is 152. The minimum absolute atomic E-state index is 0.185. The molecule has 0 spiro atoms. The number of carbonyl (C=O) groups is 1. The summed E-state index contributed by atoms with van der Waals surface area (Å²) in [5.41, 5.74) is 0. The van der Waals surface area contributed by atoms with Gasteiger partial charge in [-0.1, -0.05) is 6.58 Å². The highest BCUT2D eigenvalue weighted by atomic mass is 32.7. The second-order valence-corrected chi connectivity index (χ2v) is 5.58. The van der Waals surface area contributed by atoms with Crippen molar-refractivity contribution in [3.8, 4) is 0 Å². The first-order valence-electron chi connectivity index (χ1n) is 3.60. The molecule has 0 fully saturated rings. The molecule has 0 radical (unpaired) electrons. The van der Waals surface area contributed by atoms with Crippen molar-refractivity contribution < 1.29 is 14.4 Å². The van der Waals surface area contributed by atoms with Gasteiger partial charge in [-0.25, -0.2) is 0 Å². The molecule has 5 heteroatoms. The van der Waals surface area contributed by atoms with Gasteiger partial charge in [-0.05, 0) is 12.7 Å². The lowest BCUT2D eigenvalue weighted by Crippen LogP contribution is -1.95. The Morgan fingerprint density at radius 2 is 2.50 bits per heavy atom. The molecule has 0 aromatic carbocycles. The van der Waals surface area contributed by atoms with Crippen LogP contribution >= 0.6 is 18.7 Å². The van der Waals surface area contributed by atoms with Crippen molar-refractivity contribution >= 4 is 24.7 Å². The summed E-state index contributed by atoms with van der Waals surface area (Å²) in [4.78, 5) is 10.2. The number of rotatable bonds is 7. The SMILES string of the molecule is C=CP(OCC)SCCC(=O)O. The first-order chi connectivity index (χ1) is 5.70. The van der Waals surface area contributed by atoms with Crippen molar-refractivity contribution in [3.63, 3.8) is 0 Å². The zero-order valence-electron chi connectivity index (χ0n) is 7.02. The third kappa shape index (κ3) is 6.65. The first-order valence-corrected chi connectivity index (χ1v) is 6.52. The molecule has 0 aliphatic rings. The van der Waals surface area contributed by atoms with Crippen LogP contribution in [0.4, 0.5) is 0 Å². The summed E-state index contributed by atoms with van der Waals surface area (Å²) in [7, 11) is -0.672. The molecule has 1 atom stereocenters. The summed E-state index contributed by atoms with van der Waals surface area (Å²) >= 11 is 1.52. The fraction of sp³-hybridized carbons (Fsp3) is 0.571. The highest BCUT2D eigenvalue weighted by molar-refractivity contribution is 8.55. The highest BCUT2D eigenvalue weighted by Crippen LogP contribution is 2.51. The first kappa shape index (κ1) is 11.9. The monoisotopic (exact) mass is 208 g/mol. The molecule has 0 aromatic heterocycles. The highest BCUT2D eigenvalue weighted by Gasteiger charge is 2.05. The maximum Gasteiger partial charge on any atom is 0.304 e. The predicted molar refractivity (Wildman–Crippen MR) is 53.5 cm³/mol. The van der Waals surface area contributed by atoms with Crippen LogP contribution in [0.1, 0.15) is 13.3 Å². The number of hydrogen-bond donors (Lipinski definition) is 1. The Hall–Kier alpha value is -0.0500. The van der Waals surface area contributed by atoms with Gasteiger partial charge in [0.2, 0.25) is 0 Å². The van der Waals surface area contributed by atoms with E-state index in [-0.39, 0.29) is 6.42 Å². The van der Waals surface area contributed by atoms with E-state index < -0.39 is 13.3 Å². The molecular weight excluding hydrogens is 195 g/mol. The number of hydrogen-bond acceptors (Lipinski definition) is 3. The number of aliphatic carboxylic acids is 1. The molecule has 70 valence electrons. The van der Waals surface area contributed by atoms with Gasteiger partial charge in [-0.3, -0.25) is 4.79 Å². The number of carboxylic acid groups (broad SMARTS) is 1. The van der Waals surface area contributed by atoms with Crippen molar-refractivity contribution in [2.75, 3.05) is 12.4 Å². The average Bonchev–Trinajstić information content (AvgIpc) is 2.02. The molecule has 3 nitrogen and oxygen atoms in total. The van der Waals surface area contributed by atoms with Crippen LogP contribution in [0.15, 0.2) is 12.4 Å². The average molecular weight is 208 g/mol. The van der Waals surface area contributed by atoms with Crippen molar-refractivity contribution in [1.29, 1.82) is 0 Å². The van der Waals surface area contributed by atoms with E-state index in [2.05, 4.69) is 6.58 Å². The summed E-state index contributed by atoms with van der Waals surface area (Å²) in [5.74, 6) is 1.57. The van der Waals surface area contributed by atoms with Crippen LogP contribution < -0.4 is 0 Å². The Morgan fingerprint density at radius 3 is 2.92 bits per heavy atom. The molecule has 0 saturated carbocycles. The van der Waals surface area contributed by atoms with Crippen LogP contribution in [0.25, 0.3) is 0 Å². The van der Waals surface area contributed by atoms with E-state index in [9.17, 15) is 4.79 Å². The second-order valence-electron chi connectivity index (χ2n) is 1.86. The van der Waals surface area contributed by atoms with Crippen LogP contribution in [0.3, 0.4) is 0 Å². The lowest BCUT2D eigenvalue weighted by molar-refractivity contribution is -0.136. The molecule has 1 unspecified atom stereocenters. The Kier molecular flexibility index (Phi) is 7.56. The fourth-order valence-corrected chi connectivity index (χ4v) is 3.15. The molecule has 0 amide bonds. The summed E-state index contributed by atoms with van der Waals surface area (Å²) in [6.45, 7) is 6.18. The minimum Gasteiger partial charge on any atom is -0.481 e. The molecule has 0 aliphatic heterocycles. The minimum atomic E-state index is -0.766. The van der Waals surface area contributed by atoms with Gasteiger partial charge in [0, 0.05) is 12.4 Å². The molecular formula is C7H13O3PS. The van der Waals surface area contributed by atoms with Crippen molar-refractivity contribution in [2.24, 2.45) is 0 Å². The van der Waals surface area contributed by atoms with Crippen LogP contribution in [0.5, 0.6) is 0 Å². The molecule has 0 saturated heterocycles. The Labute approximate surface area is 77.8 Å². The smallest absolute Gasteiger partial charge is 0.304 e. The fourth-order valence-electron chi connectivity index (χ4n) is 0.493. The molecule has 12 heavy (non-hydrogen) atoms. The molecule has 0 aliphatic carbocycles. The number of carboxylic acids is 1. The van der Waals surface area contributed by atoms with Crippen LogP contribution in [0, 0.1) is 0 Å². The maximum absolute atomic E-state index is 10.2. The third-order valence-electron chi connectivity index (χ3n) is 0.940. The summed E-state index contributed by atoms with van der Waals surface area (Å²) in [6.07, 6.45) is 0.185. The zero-order chi connectivity index (χ0) is 9.40. The molecule has 0 bridgehead atoms. The summed E-state index contributed by atoms with van der Waals surface area (Å²) in [6, 6.07) is 0. The molecule has 0 heterocycles. The van der Waals surface area contributed by atoms with E-state index in [0.29, 0.717) is 12.4 Å². The van der Waals surface area contributed by atoms with Crippen molar-refractivity contribution in [2.45, 2.75) is 13.3 Å². The van der Waals surface area contributed by atoms with Gasteiger partial charge in [-0.15, -0.1) is 11.4 Å². The lowest BCUT2D eigenvalue weighted by atomic mass is 10.5. The quantitative estimate of drug-likeness (QED) is 0.653. The van der Waals surface area contributed by atoms with Gasteiger partial charge in [0.15, 0.2) is 0 Å².